The highest BCUT2D eigenvalue weighted by Gasteiger charge is 2.40. The van der Waals surface area contributed by atoms with Crippen LogP contribution in [0.2, 0.25) is 18.1 Å². The van der Waals surface area contributed by atoms with Crippen molar-refractivity contribution in [1.82, 2.24) is 0 Å². The van der Waals surface area contributed by atoms with Gasteiger partial charge in [-0.1, -0.05) is 69.3 Å². The molecule has 0 bridgehead atoms. The molecule has 1 unspecified atom stereocenters. The predicted molar refractivity (Wildman–Crippen MR) is 107 cm³/mol. The summed E-state index contributed by atoms with van der Waals surface area (Å²) in [5, 5.41) is 2.81. The fourth-order valence-corrected chi connectivity index (χ4v) is 4.04. The Morgan fingerprint density at radius 1 is 0.958 bits per heavy atom. The van der Waals surface area contributed by atoms with E-state index < -0.39 is 8.32 Å². The molecule has 0 aromatic heterocycles. The Hall–Kier alpha value is -1.80. The first-order valence-electron chi connectivity index (χ1n) is 8.72. The summed E-state index contributed by atoms with van der Waals surface area (Å²) in [5.41, 5.74) is 1.23. The fraction of sp³-hybridized carbons (Fsp3) is 0.364. The van der Waals surface area contributed by atoms with Crippen molar-refractivity contribution >= 4 is 19.1 Å². The third-order valence-corrected chi connectivity index (χ3v) is 9.94. The second-order valence-electron chi connectivity index (χ2n) is 8.55. The normalized spacial score (nSPS) is 21.2. The maximum absolute atomic E-state index is 6.51. The molecule has 126 valence electrons. The number of fused-ring (bicyclic) bond motifs is 1. The topological polar surface area (TPSA) is 9.23 Å². The van der Waals surface area contributed by atoms with Gasteiger partial charge in [-0.3, -0.25) is 0 Å². The van der Waals surface area contributed by atoms with E-state index in [0.29, 0.717) is 0 Å². The van der Waals surface area contributed by atoms with E-state index in [1.54, 1.807) is 0 Å². The van der Waals surface area contributed by atoms with Gasteiger partial charge in [-0.2, -0.15) is 0 Å². The molecule has 2 aromatic carbocycles. The van der Waals surface area contributed by atoms with Gasteiger partial charge in [0.05, 0.1) is 5.76 Å². The Balaban J connectivity index is 1.98. The van der Waals surface area contributed by atoms with Crippen molar-refractivity contribution in [3.63, 3.8) is 0 Å². The average Bonchev–Trinajstić information content (AvgIpc) is 2.87. The Morgan fingerprint density at radius 3 is 2.33 bits per heavy atom. The molecule has 2 aromatic rings. The minimum atomic E-state index is -1.81. The molecule has 3 rings (SSSR count). The molecular weight excluding hydrogens is 308 g/mol. The van der Waals surface area contributed by atoms with E-state index in [-0.39, 0.29) is 10.5 Å². The first-order chi connectivity index (χ1) is 11.1. The van der Waals surface area contributed by atoms with Crippen molar-refractivity contribution in [2.24, 2.45) is 0 Å². The second kappa shape index (κ2) is 5.63. The van der Waals surface area contributed by atoms with E-state index in [9.17, 15) is 0 Å². The molecule has 1 aliphatic rings. The zero-order valence-electron chi connectivity index (χ0n) is 15.7. The highest BCUT2D eigenvalue weighted by molar-refractivity contribution is 6.74. The summed E-state index contributed by atoms with van der Waals surface area (Å²) >= 11 is 0. The van der Waals surface area contributed by atoms with Crippen LogP contribution >= 0.6 is 0 Å². The van der Waals surface area contributed by atoms with Gasteiger partial charge >= 0.3 is 0 Å². The lowest BCUT2D eigenvalue weighted by atomic mass is 9.81. The number of hydrogen-bond acceptors (Lipinski definition) is 1. The number of hydrogen-bond donors (Lipinski definition) is 0. The molecule has 1 nitrogen and oxygen atoms in total. The van der Waals surface area contributed by atoms with Crippen molar-refractivity contribution < 1.29 is 4.43 Å². The molecule has 0 fully saturated rings. The van der Waals surface area contributed by atoms with E-state index in [2.05, 4.69) is 101 Å². The third-order valence-electron chi connectivity index (χ3n) is 5.59. The summed E-state index contributed by atoms with van der Waals surface area (Å²) in [7, 11) is -1.81. The van der Waals surface area contributed by atoms with Crippen molar-refractivity contribution in [3.05, 3.63) is 72.0 Å². The largest absolute Gasteiger partial charge is 0.544 e. The van der Waals surface area contributed by atoms with Gasteiger partial charge in [0, 0.05) is 5.41 Å². The van der Waals surface area contributed by atoms with Crippen molar-refractivity contribution in [1.29, 1.82) is 0 Å². The van der Waals surface area contributed by atoms with E-state index in [1.807, 2.05) is 0 Å². The van der Waals surface area contributed by atoms with Crippen molar-refractivity contribution in [2.75, 3.05) is 0 Å². The smallest absolute Gasteiger partial charge is 0.250 e. The van der Waals surface area contributed by atoms with Crippen LogP contribution in [0.15, 0.2) is 66.5 Å². The van der Waals surface area contributed by atoms with Gasteiger partial charge in [0.1, 0.15) is 0 Å². The lowest BCUT2D eigenvalue weighted by molar-refractivity contribution is 0.399. The summed E-state index contributed by atoms with van der Waals surface area (Å²) in [6.07, 6.45) is 6.72. The monoisotopic (exact) mass is 336 g/mol. The van der Waals surface area contributed by atoms with E-state index in [0.717, 1.165) is 5.76 Å². The molecule has 2 heteroatoms. The maximum atomic E-state index is 6.51. The lowest BCUT2D eigenvalue weighted by Gasteiger charge is -2.36. The van der Waals surface area contributed by atoms with Crippen LogP contribution in [0.25, 0.3) is 10.8 Å². The molecule has 0 saturated carbocycles. The van der Waals surface area contributed by atoms with E-state index in [1.165, 1.54) is 16.3 Å². The first-order valence-corrected chi connectivity index (χ1v) is 11.6. The number of benzene rings is 2. The van der Waals surface area contributed by atoms with Gasteiger partial charge in [0.2, 0.25) is 8.32 Å². The molecule has 0 N–H and O–H groups in total. The van der Waals surface area contributed by atoms with Gasteiger partial charge in [-0.15, -0.1) is 0 Å². The van der Waals surface area contributed by atoms with Crippen LogP contribution < -0.4 is 0 Å². The van der Waals surface area contributed by atoms with Crippen LogP contribution in [0.3, 0.4) is 0 Å². The summed E-state index contributed by atoms with van der Waals surface area (Å²) in [5.74, 6) is 1.03. The van der Waals surface area contributed by atoms with Gasteiger partial charge < -0.3 is 4.43 Å². The molecule has 1 aliphatic carbocycles. The van der Waals surface area contributed by atoms with Gasteiger partial charge in [0.25, 0.3) is 0 Å². The summed E-state index contributed by atoms with van der Waals surface area (Å²) in [6, 6.07) is 15.2. The summed E-state index contributed by atoms with van der Waals surface area (Å²) < 4.78 is 6.51. The molecular formula is C22H28OSi. The minimum Gasteiger partial charge on any atom is -0.544 e. The number of rotatable bonds is 3. The molecule has 24 heavy (non-hydrogen) atoms. The average molecular weight is 337 g/mol. The van der Waals surface area contributed by atoms with E-state index >= 15 is 0 Å². The molecule has 0 aliphatic heterocycles. The van der Waals surface area contributed by atoms with Gasteiger partial charge in [-0.05, 0) is 53.5 Å². The maximum Gasteiger partial charge on any atom is 0.250 e. The van der Waals surface area contributed by atoms with Crippen LogP contribution in [-0.4, -0.2) is 8.32 Å². The van der Waals surface area contributed by atoms with Crippen LogP contribution in [0.5, 0.6) is 0 Å². The van der Waals surface area contributed by atoms with Crippen LogP contribution in [0, 0.1) is 0 Å². The molecule has 1 atom stereocenters. The Kier molecular flexibility index (Phi) is 3.99. The number of allylic oxidation sites excluding steroid dienone is 3. The van der Waals surface area contributed by atoms with Gasteiger partial charge in [0.15, 0.2) is 0 Å². The molecule has 0 heterocycles. The minimum absolute atomic E-state index is 0.113. The van der Waals surface area contributed by atoms with Crippen LogP contribution in [0.1, 0.15) is 33.3 Å². The quantitative estimate of drug-likeness (QED) is 0.576. The molecule has 0 radical (unpaired) electrons. The van der Waals surface area contributed by atoms with Crippen molar-refractivity contribution in [3.8, 4) is 0 Å². The fourth-order valence-electron chi connectivity index (χ4n) is 3.02. The second-order valence-corrected chi connectivity index (χ2v) is 13.3. The van der Waals surface area contributed by atoms with Crippen LogP contribution in [-0.2, 0) is 9.84 Å². The summed E-state index contributed by atoms with van der Waals surface area (Å²) in [6.45, 7) is 13.7. The summed E-state index contributed by atoms with van der Waals surface area (Å²) in [4.78, 5) is 0. The van der Waals surface area contributed by atoms with Gasteiger partial charge in [-0.25, -0.2) is 0 Å². The Morgan fingerprint density at radius 2 is 1.62 bits per heavy atom. The van der Waals surface area contributed by atoms with E-state index in [4.69, 9.17) is 4.43 Å². The van der Waals surface area contributed by atoms with Crippen LogP contribution in [0.4, 0.5) is 0 Å². The standard InChI is InChI=1S/C22H28OSi/c1-21(2,3)24(5,6)23-18-14-15-22(4,16-18)20-13-9-11-17-10-7-8-12-19(17)20/h7-16H,1-6H3. The first kappa shape index (κ1) is 17.0. The highest BCUT2D eigenvalue weighted by atomic mass is 28.4. The van der Waals surface area contributed by atoms with Crippen molar-refractivity contribution in [2.45, 2.75) is 51.2 Å². The lowest BCUT2D eigenvalue weighted by Crippen LogP contribution is -2.40. The SMILES string of the molecule is CC1(c2cccc3ccccc23)C=CC(O[Si](C)(C)C(C)(C)C)=C1. The Bertz CT molecular complexity index is 818. The molecule has 0 amide bonds. The molecule has 0 spiro atoms. The highest BCUT2D eigenvalue weighted by Crippen LogP contribution is 2.42. The zero-order chi connectivity index (χ0) is 17.6. The molecule has 0 saturated heterocycles. The predicted octanol–water partition coefficient (Wildman–Crippen LogP) is 6.57. The third kappa shape index (κ3) is 2.95. The Labute approximate surface area is 147 Å². The zero-order valence-corrected chi connectivity index (χ0v) is 16.7.